The highest BCUT2D eigenvalue weighted by Gasteiger charge is 2.31. The first kappa shape index (κ1) is 23.6. The second-order valence-electron chi connectivity index (χ2n) is 8.56. The number of para-hydroxylation sites is 1. The summed E-state index contributed by atoms with van der Waals surface area (Å²) in [6, 6.07) is 18.6. The number of amides is 1. The van der Waals surface area contributed by atoms with Gasteiger partial charge in [0.15, 0.2) is 0 Å². The zero-order valence-electron chi connectivity index (χ0n) is 20.1. The predicted molar refractivity (Wildman–Crippen MR) is 133 cm³/mol. The van der Waals surface area contributed by atoms with Crippen LogP contribution >= 0.6 is 0 Å². The van der Waals surface area contributed by atoms with Gasteiger partial charge in [-0.05, 0) is 58.9 Å². The topological polar surface area (TPSA) is 39.1 Å². The Kier molecular flexibility index (Phi) is 7.73. The Morgan fingerprint density at radius 1 is 0.938 bits per heavy atom. The number of piperazine rings is 1. The molecule has 2 aromatic carbocycles. The molecule has 170 valence electrons. The molecule has 3 rings (SSSR count). The van der Waals surface area contributed by atoms with Crippen molar-refractivity contribution in [3.05, 3.63) is 78.0 Å². The van der Waals surface area contributed by atoms with Crippen LogP contribution in [0.4, 0.5) is 5.69 Å². The maximum absolute atomic E-state index is 12.7. The Morgan fingerprint density at radius 3 is 2.03 bits per heavy atom. The van der Waals surface area contributed by atoms with E-state index >= 15 is 0 Å². The Balaban J connectivity index is 1.97. The van der Waals surface area contributed by atoms with Gasteiger partial charge in [0.05, 0.1) is 5.69 Å². The van der Waals surface area contributed by atoms with Crippen molar-refractivity contribution in [2.45, 2.75) is 46.7 Å². The lowest BCUT2D eigenvalue weighted by Crippen LogP contribution is -2.57. The second kappa shape index (κ2) is 10.5. The lowest BCUT2D eigenvalue weighted by molar-refractivity contribution is 0.0773. The molecule has 0 aliphatic carbocycles. The van der Waals surface area contributed by atoms with E-state index in [1.165, 1.54) is 0 Å². The zero-order chi connectivity index (χ0) is 23.3. The van der Waals surface area contributed by atoms with Crippen LogP contribution in [0, 0.1) is 0 Å². The molecule has 0 N–H and O–H groups in total. The fraction of sp³-hybridized carbons (Fsp3) is 0.407. The van der Waals surface area contributed by atoms with Crippen LogP contribution in [0.2, 0.25) is 0 Å². The summed E-state index contributed by atoms with van der Waals surface area (Å²) in [4.78, 5) is 24.4. The quantitative estimate of drug-likeness (QED) is 0.467. The highest BCUT2D eigenvalue weighted by Crippen LogP contribution is 2.24. The molecule has 32 heavy (non-hydrogen) atoms. The molecule has 0 saturated carbocycles. The van der Waals surface area contributed by atoms with E-state index < -0.39 is 0 Å². The van der Waals surface area contributed by atoms with Crippen LogP contribution in [0.5, 0.6) is 0 Å². The smallest absolute Gasteiger partial charge is 0.253 e. The fourth-order valence-corrected chi connectivity index (χ4v) is 4.33. The molecule has 1 amide bonds. The molecule has 2 atom stereocenters. The molecule has 0 spiro atoms. The van der Waals surface area contributed by atoms with Gasteiger partial charge >= 0.3 is 0 Å². The van der Waals surface area contributed by atoms with Gasteiger partial charge in [-0.25, -0.2) is 4.99 Å². The average molecular weight is 433 g/mol. The minimum atomic E-state index is 0.0696. The third kappa shape index (κ3) is 5.21. The van der Waals surface area contributed by atoms with Crippen molar-refractivity contribution in [1.29, 1.82) is 0 Å². The predicted octanol–water partition coefficient (Wildman–Crippen LogP) is 5.18. The Hall–Kier alpha value is -3.08. The van der Waals surface area contributed by atoms with Gasteiger partial charge in [0, 0.05) is 55.1 Å². The molecule has 2 aromatic rings. The maximum atomic E-state index is 12.7. The van der Waals surface area contributed by atoms with Crippen molar-refractivity contribution in [1.82, 2.24) is 14.7 Å². The SMILES string of the molecule is C=C(C)N1CC(C)N(C(=Nc2ccccc2)c2ccc(C(=O)N(CC)CC)cc2)CC1C. The molecule has 0 aromatic heterocycles. The molecule has 1 heterocycles. The number of carbonyl (C=O) groups excluding carboxylic acids is 1. The van der Waals surface area contributed by atoms with Crippen LogP contribution in [0.1, 0.15) is 50.5 Å². The minimum absolute atomic E-state index is 0.0696. The first-order valence-corrected chi connectivity index (χ1v) is 11.6. The summed E-state index contributed by atoms with van der Waals surface area (Å²) in [5, 5.41) is 0. The van der Waals surface area contributed by atoms with E-state index in [-0.39, 0.29) is 11.9 Å². The van der Waals surface area contributed by atoms with E-state index in [4.69, 9.17) is 4.99 Å². The van der Waals surface area contributed by atoms with E-state index in [2.05, 4.69) is 37.1 Å². The largest absolute Gasteiger partial charge is 0.369 e. The Bertz CT molecular complexity index is 947. The van der Waals surface area contributed by atoms with E-state index in [1.54, 1.807) is 0 Å². The molecule has 0 bridgehead atoms. The number of hydrogen-bond donors (Lipinski definition) is 0. The number of rotatable bonds is 6. The van der Waals surface area contributed by atoms with Crippen molar-refractivity contribution in [3.63, 3.8) is 0 Å². The molecular weight excluding hydrogens is 396 g/mol. The second-order valence-corrected chi connectivity index (χ2v) is 8.56. The molecule has 5 heteroatoms. The van der Waals surface area contributed by atoms with Gasteiger partial charge in [-0.3, -0.25) is 4.79 Å². The van der Waals surface area contributed by atoms with Gasteiger partial charge < -0.3 is 14.7 Å². The summed E-state index contributed by atoms with van der Waals surface area (Å²) < 4.78 is 0. The number of benzene rings is 2. The van der Waals surface area contributed by atoms with Crippen molar-refractivity contribution in [2.75, 3.05) is 26.2 Å². The minimum Gasteiger partial charge on any atom is -0.369 e. The van der Waals surface area contributed by atoms with E-state index in [1.807, 2.05) is 73.3 Å². The van der Waals surface area contributed by atoms with E-state index in [0.29, 0.717) is 24.7 Å². The van der Waals surface area contributed by atoms with Crippen LogP contribution in [0.25, 0.3) is 0 Å². The van der Waals surface area contributed by atoms with Crippen LogP contribution in [-0.2, 0) is 0 Å². The highest BCUT2D eigenvalue weighted by atomic mass is 16.2. The summed E-state index contributed by atoms with van der Waals surface area (Å²) >= 11 is 0. The van der Waals surface area contributed by atoms with Crippen molar-refractivity contribution < 1.29 is 4.79 Å². The van der Waals surface area contributed by atoms with Crippen LogP contribution < -0.4 is 0 Å². The molecule has 1 saturated heterocycles. The summed E-state index contributed by atoms with van der Waals surface area (Å²) in [6.45, 7) is 17.9. The van der Waals surface area contributed by atoms with E-state index in [0.717, 1.165) is 35.9 Å². The Labute approximate surface area is 193 Å². The fourth-order valence-electron chi connectivity index (χ4n) is 4.33. The van der Waals surface area contributed by atoms with Gasteiger partial charge in [-0.15, -0.1) is 0 Å². The molecule has 1 aliphatic heterocycles. The highest BCUT2D eigenvalue weighted by molar-refractivity contribution is 6.02. The molecule has 5 nitrogen and oxygen atoms in total. The number of nitrogens with zero attached hydrogens (tertiary/aromatic N) is 4. The summed E-state index contributed by atoms with van der Waals surface area (Å²) in [6.07, 6.45) is 0. The van der Waals surface area contributed by atoms with Crippen LogP contribution in [0.3, 0.4) is 0 Å². The number of hydrogen-bond acceptors (Lipinski definition) is 3. The first-order chi connectivity index (χ1) is 15.3. The molecule has 0 radical (unpaired) electrons. The third-order valence-corrected chi connectivity index (χ3v) is 6.18. The summed E-state index contributed by atoms with van der Waals surface area (Å²) in [7, 11) is 0. The number of amidine groups is 1. The van der Waals surface area contributed by atoms with Gasteiger partial charge in [0.25, 0.3) is 5.91 Å². The summed E-state index contributed by atoms with van der Waals surface area (Å²) in [5.74, 6) is 1.01. The van der Waals surface area contributed by atoms with Crippen LogP contribution in [-0.4, -0.2) is 64.7 Å². The standard InChI is InChI=1S/C27H36N4O/c1-7-29(8-2)27(32)24-16-14-23(15-17-24)26(28-25-12-10-9-11-13-25)31-19-21(5)30(20(3)4)18-22(31)6/h9-17,21-22H,3,7-8,18-19H2,1-2,4-6H3. The van der Waals surface area contributed by atoms with Crippen molar-refractivity contribution >= 4 is 17.4 Å². The number of carbonyl (C=O) groups is 1. The zero-order valence-corrected chi connectivity index (χ0v) is 20.1. The monoisotopic (exact) mass is 432 g/mol. The Morgan fingerprint density at radius 2 is 1.47 bits per heavy atom. The van der Waals surface area contributed by atoms with Crippen molar-refractivity contribution in [2.24, 2.45) is 4.99 Å². The van der Waals surface area contributed by atoms with Gasteiger partial charge in [0.1, 0.15) is 5.84 Å². The lowest BCUT2D eigenvalue weighted by Gasteiger charge is -2.46. The maximum Gasteiger partial charge on any atom is 0.253 e. The molecule has 1 aliphatic rings. The van der Waals surface area contributed by atoms with Gasteiger partial charge in [0.2, 0.25) is 0 Å². The van der Waals surface area contributed by atoms with Gasteiger partial charge in [-0.2, -0.15) is 0 Å². The average Bonchev–Trinajstić information content (AvgIpc) is 2.80. The molecule has 1 fully saturated rings. The summed E-state index contributed by atoms with van der Waals surface area (Å²) in [5.41, 5.74) is 3.76. The molecule has 2 unspecified atom stereocenters. The first-order valence-electron chi connectivity index (χ1n) is 11.6. The number of allylic oxidation sites excluding steroid dienone is 1. The lowest BCUT2D eigenvalue weighted by atomic mass is 10.0. The normalized spacial score (nSPS) is 19.1. The van der Waals surface area contributed by atoms with Crippen LogP contribution in [0.15, 0.2) is 71.9 Å². The molecular formula is C27H36N4O. The van der Waals surface area contributed by atoms with Crippen molar-refractivity contribution in [3.8, 4) is 0 Å². The van der Waals surface area contributed by atoms with E-state index in [9.17, 15) is 4.79 Å². The van der Waals surface area contributed by atoms with Gasteiger partial charge in [-0.1, -0.05) is 36.9 Å². The number of aliphatic imine (C=N–C) groups is 1. The third-order valence-electron chi connectivity index (χ3n) is 6.18.